The maximum atomic E-state index is 5.92. The summed E-state index contributed by atoms with van der Waals surface area (Å²) in [5.41, 5.74) is 1.25. The van der Waals surface area contributed by atoms with Crippen molar-refractivity contribution in [2.45, 2.75) is 6.92 Å². The summed E-state index contributed by atoms with van der Waals surface area (Å²) in [5, 5.41) is 4.50. The highest BCUT2D eigenvalue weighted by molar-refractivity contribution is 6.42. The van der Waals surface area contributed by atoms with Crippen molar-refractivity contribution >= 4 is 28.9 Å². The molecule has 0 spiro atoms. The average Bonchev–Trinajstić information content (AvgIpc) is 2.17. The lowest BCUT2D eigenvalue weighted by Gasteiger charge is -2.38. The van der Waals surface area contributed by atoms with Crippen LogP contribution in [0.3, 0.4) is 0 Å². The third-order valence-corrected chi connectivity index (χ3v) is 3.28. The Bertz CT molecular complexity index is 364. The zero-order valence-corrected chi connectivity index (χ0v) is 10.0. The zero-order chi connectivity index (χ0) is 10.9. The van der Waals surface area contributed by atoms with Crippen LogP contribution in [0.15, 0.2) is 18.2 Å². The van der Waals surface area contributed by atoms with Crippen LogP contribution in [-0.4, -0.2) is 19.8 Å². The number of hydrogen-bond donors (Lipinski definition) is 1. The summed E-state index contributed by atoms with van der Waals surface area (Å²) in [6.07, 6.45) is 0. The Morgan fingerprint density at radius 2 is 2.07 bits per heavy atom. The predicted molar refractivity (Wildman–Crippen MR) is 63.9 cm³/mol. The van der Waals surface area contributed by atoms with Crippen LogP contribution < -0.4 is 5.32 Å². The van der Waals surface area contributed by atoms with Crippen LogP contribution in [0.2, 0.25) is 10.0 Å². The summed E-state index contributed by atoms with van der Waals surface area (Å²) in [6, 6.07) is 5.57. The van der Waals surface area contributed by atoms with Gasteiger partial charge in [-0.1, -0.05) is 30.1 Å². The molecular weight excluding hydrogens is 233 g/mol. The Kier molecular flexibility index (Phi) is 3.10. The van der Waals surface area contributed by atoms with Crippen molar-refractivity contribution in [3.8, 4) is 0 Å². The summed E-state index contributed by atoms with van der Waals surface area (Å²) in [6.45, 7) is 4.73. The Balaban J connectivity index is 1.96. The molecule has 1 heterocycles. The maximum absolute atomic E-state index is 5.92. The van der Waals surface area contributed by atoms with E-state index in [-0.39, 0.29) is 5.41 Å². The number of benzene rings is 1. The number of hydrogen-bond acceptors (Lipinski definition) is 2. The van der Waals surface area contributed by atoms with Crippen molar-refractivity contribution in [3.63, 3.8) is 0 Å². The van der Waals surface area contributed by atoms with E-state index in [2.05, 4.69) is 12.2 Å². The van der Waals surface area contributed by atoms with Crippen LogP contribution in [0.25, 0.3) is 0 Å². The molecule has 2 rings (SSSR count). The molecule has 0 radical (unpaired) electrons. The van der Waals surface area contributed by atoms with Gasteiger partial charge in [-0.3, -0.25) is 0 Å². The Morgan fingerprint density at radius 1 is 1.33 bits per heavy atom. The van der Waals surface area contributed by atoms with Gasteiger partial charge in [-0.2, -0.15) is 0 Å². The van der Waals surface area contributed by atoms with E-state index in [0.29, 0.717) is 10.0 Å². The molecular formula is C11H13Cl2NO. The van der Waals surface area contributed by atoms with Crippen LogP contribution in [0, 0.1) is 5.41 Å². The largest absolute Gasteiger partial charge is 0.384 e. The van der Waals surface area contributed by atoms with Gasteiger partial charge in [-0.05, 0) is 18.2 Å². The lowest BCUT2D eigenvalue weighted by atomic mass is 9.89. The van der Waals surface area contributed by atoms with E-state index in [1.165, 1.54) is 0 Å². The standard InChI is InChI=1S/C11H13Cl2NO/c1-11(6-15-7-11)5-14-8-2-3-9(12)10(13)4-8/h2-4,14H,5-7H2,1H3. The summed E-state index contributed by atoms with van der Waals surface area (Å²) in [5.74, 6) is 0. The number of rotatable bonds is 3. The van der Waals surface area contributed by atoms with Gasteiger partial charge in [0.25, 0.3) is 0 Å². The predicted octanol–water partition coefficient (Wildman–Crippen LogP) is 3.44. The first kappa shape index (κ1) is 11.1. The van der Waals surface area contributed by atoms with Crippen molar-refractivity contribution in [2.24, 2.45) is 5.41 Å². The second kappa shape index (κ2) is 4.20. The number of nitrogens with one attached hydrogen (secondary N) is 1. The molecule has 0 unspecified atom stereocenters. The van der Waals surface area contributed by atoms with Crippen LogP contribution >= 0.6 is 23.2 Å². The van der Waals surface area contributed by atoms with Crippen molar-refractivity contribution < 1.29 is 4.74 Å². The minimum atomic E-state index is 0.256. The van der Waals surface area contributed by atoms with E-state index in [1.807, 2.05) is 12.1 Å². The van der Waals surface area contributed by atoms with E-state index in [1.54, 1.807) is 6.07 Å². The van der Waals surface area contributed by atoms with E-state index >= 15 is 0 Å². The second-order valence-electron chi connectivity index (χ2n) is 4.29. The van der Waals surface area contributed by atoms with Gasteiger partial charge in [-0.15, -0.1) is 0 Å². The zero-order valence-electron chi connectivity index (χ0n) is 8.52. The molecule has 1 aromatic rings. The van der Waals surface area contributed by atoms with Crippen molar-refractivity contribution in [1.82, 2.24) is 0 Å². The van der Waals surface area contributed by atoms with E-state index < -0.39 is 0 Å². The Hall–Kier alpha value is -0.440. The van der Waals surface area contributed by atoms with E-state index in [9.17, 15) is 0 Å². The highest BCUT2D eigenvalue weighted by atomic mass is 35.5. The molecule has 1 aromatic carbocycles. The van der Waals surface area contributed by atoms with Crippen LogP contribution in [-0.2, 0) is 4.74 Å². The molecule has 15 heavy (non-hydrogen) atoms. The van der Waals surface area contributed by atoms with Gasteiger partial charge in [0.2, 0.25) is 0 Å². The Morgan fingerprint density at radius 3 is 2.60 bits per heavy atom. The minimum absolute atomic E-state index is 0.256. The molecule has 1 aliphatic heterocycles. The molecule has 0 aromatic heterocycles. The number of halogens is 2. The molecule has 1 saturated heterocycles. The highest BCUT2D eigenvalue weighted by Gasteiger charge is 2.32. The lowest BCUT2D eigenvalue weighted by Crippen LogP contribution is -2.45. The molecule has 1 fully saturated rings. The molecule has 4 heteroatoms. The van der Waals surface area contributed by atoms with Crippen LogP contribution in [0.4, 0.5) is 5.69 Å². The van der Waals surface area contributed by atoms with Gasteiger partial charge in [-0.25, -0.2) is 0 Å². The van der Waals surface area contributed by atoms with Crippen molar-refractivity contribution in [2.75, 3.05) is 25.1 Å². The van der Waals surface area contributed by atoms with E-state index in [4.69, 9.17) is 27.9 Å². The molecule has 0 aliphatic carbocycles. The molecule has 1 N–H and O–H groups in total. The van der Waals surface area contributed by atoms with Crippen LogP contribution in [0.5, 0.6) is 0 Å². The first-order chi connectivity index (χ1) is 7.09. The quantitative estimate of drug-likeness (QED) is 0.881. The fraction of sp³-hybridized carbons (Fsp3) is 0.455. The van der Waals surface area contributed by atoms with Gasteiger partial charge in [0.05, 0.1) is 23.3 Å². The summed E-state index contributed by atoms with van der Waals surface area (Å²) in [7, 11) is 0. The maximum Gasteiger partial charge on any atom is 0.0612 e. The van der Waals surface area contributed by atoms with Crippen LogP contribution in [0.1, 0.15) is 6.92 Å². The fourth-order valence-electron chi connectivity index (χ4n) is 1.47. The first-order valence-electron chi connectivity index (χ1n) is 4.86. The average molecular weight is 246 g/mol. The molecule has 82 valence electrons. The Labute approximate surface area is 99.5 Å². The van der Waals surface area contributed by atoms with Gasteiger partial charge in [0, 0.05) is 17.6 Å². The molecule has 2 nitrogen and oxygen atoms in total. The van der Waals surface area contributed by atoms with Crippen molar-refractivity contribution in [1.29, 1.82) is 0 Å². The topological polar surface area (TPSA) is 21.3 Å². The summed E-state index contributed by atoms with van der Waals surface area (Å²) < 4.78 is 5.18. The van der Waals surface area contributed by atoms with Gasteiger partial charge >= 0.3 is 0 Å². The molecule has 0 amide bonds. The van der Waals surface area contributed by atoms with Crippen molar-refractivity contribution in [3.05, 3.63) is 28.2 Å². The smallest absolute Gasteiger partial charge is 0.0612 e. The van der Waals surface area contributed by atoms with E-state index in [0.717, 1.165) is 25.4 Å². The fourth-order valence-corrected chi connectivity index (χ4v) is 1.77. The third-order valence-electron chi connectivity index (χ3n) is 2.54. The molecule has 0 atom stereocenters. The molecule has 0 bridgehead atoms. The van der Waals surface area contributed by atoms with Gasteiger partial charge in [0.15, 0.2) is 0 Å². The lowest BCUT2D eigenvalue weighted by molar-refractivity contribution is -0.0924. The normalized spacial score (nSPS) is 18.3. The molecule has 0 saturated carbocycles. The second-order valence-corrected chi connectivity index (χ2v) is 5.10. The summed E-state index contributed by atoms with van der Waals surface area (Å²) >= 11 is 11.7. The third kappa shape index (κ3) is 2.57. The molecule has 1 aliphatic rings. The van der Waals surface area contributed by atoms with Gasteiger partial charge < -0.3 is 10.1 Å². The van der Waals surface area contributed by atoms with Gasteiger partial charge in [0.1, 0.15) is 0 Å². The first-order valence-corrected chi connectivity index (χ1v) is 5.61. The SMILES string of the molecule is CC1(CNc2ccc(Cl)c(Cl)c2)COC1. The minimum Gasteiger partial charge on any atom is -0.384 e. The summed E-state index contributed by atoms with van der Waals surface area (Å²) in [4.78, 5) is 0. The highest BCUT2D eigenvalue weighted by Crippen LogP contribution is 2.29. The number of anilines is 1. The number of ether oxygens (including phenoxy) is 1. The monoisotopic (exact) mass is 245 g/mol.